The summed E-state index contributed by atoms with van der Waals surface area (Å²) in [5.74, 6) is -0.259. The van der Waals surface area contributed by atoms with Crippen molar-refractivity contribution >= 4 is 28.3 Å². The third-order valence-electron chi connectivity index (χ3n) is 0.908. The number of hydrogen-bond donors (Lipinski definition) is 2. The highest BCUT2D eigenvalue weighted by Crippen LogP contribution is 2.08. The topological polar surface area (TPSA) is 80.7 Å². The zero-order valence-corrected chi connectivity index (χ0v) is 8.38. The van der Waals surface area contributed by atoms with Gasteiger partial charge in [0.15, 0.2) is 0 Å². The SMILES string of the molecule is COC(=O)c1cccs1.O=[SH](=O)O. The van der Waals surface area contributed by atoms with Crippen molar-refractivity contribution in [3.8, 4) is 0 Å². The van der Waals surface area contributed by atoms with Gasteiger partial charge < -0.3 is 4.74 Å². The number of thiol groups is 1. The van der Waals surface area contributed by atoms with E-state index in [1.807, 2.05) is 11.4 Å². The molecule has 1 aromatic rings. The Morgan fingerprint density at radius 1 is 1.62 bits per heavy atom. The number of carbonyl (C=O) groups excluding carboxylic acids is 1. The standard InChI is InChI=1S/C6H6O2S.H2O3S/c1-8-6(7)5-3-2-4-9-5;1-4(2)3/h2-4H,1H3;4H,(H,1,2,3). The number of rotatable bonds is 1. The van der Waals surface area contributed by atoms with E-state index in [1.54, 1.807) is 6.07 Å². The molecule has 0 spiro atoms. The summed E-state index contributed by atoms with van der Waals surface area (Å²) >= 11 is 1.38. The molecule has 0 bridgehead atoms. The lowest BCUT2D eigenvalue weighted by molar-refractivity contribution is 0.0606. The van der Waals surface area contributed by atoms with Crippen molar-refractivity contribution in [2.75, 3.05) is 7.11 Å². The number of methoxy groups -OCH3 is 1. The van der Waals surface area contributed by atoms with Crippen molar-refractivity contribution in [3.05, 3.63) is 22.4 Å². The third kappa shape index (κ3) is 6.26. The summed E-state index contributed by atoms with van der Waals surface area (Å²) in [4.78, 5) is 11.3. The van der Waals surface area contributed by atoms with Crippen LogP contribution in [0.25, 0.3) is 0 Å². The molecular weight excluding hydrogens is 216 g/mol. The van der Waals surface area contributed by atoms with E-state index in [9.17, 15) is 4.79 Å². The molecule has 5 nitrogen and oxygen atoms in total. The fourth-order valence-corrected chi connectivity index (χ4v) is 1.14. The van der Waals surface area contributed by atoms with E-state index < -0.39 is 11.0 Å². The Labute approximate surface area is 80.7 Å². The van der Waals surface area contributed by atoms with Crippen LogP contribution in [0.15, 0.2) is 17.5 Å². The second kappa shape index (κ2) is 6.58. The first-order valence-corrected chi connectivity index (χ1v) is 5.04. The molecule has 0 aromatic carbocycles. The lowest BCUT2D eigenvalue weighted by atomic mass is 10.5. The molecule has 0 amide bonds. The molecule has 0 aliphatic rings. The van der Waals surface area contributed by atoms with Gasteiger partial charge in [0, 0.05) is 0 Å². The first-order chi connectivity index (χ1) is 6.07. The lowest BCUT2D eigenvalue weighted by Gasteiger charge is -1.90. The van der Waals surface area contributed by atoms with Gasteiger partial charge in [-0.1, -0.05) is 6.07 Å². The Balaban J connectivity index is 0.000000310. The molecule has 0 fully saturated rings. The largest absolute Gasteiger partial charge is 0.465 e. The summed E-state index contributed by atoms with van der Waals surface area (Å²) in [6.07, 6.45) is 0. The number of thiophene rings is 1. The van der Waals surface area contributed by atoms with Gasteiger partial charge in [0.05, 0.1) is 7.11 Å². The minimum Gasteiger partial charge on any atom is -0.465 e. The van der Waals surface area contributed by atoms with Crippen LogP contribution >= 0.6 is 11.3 Å². The minimum atomic E-state index is -3.12. The summed E-state index contributed by atoms with van der Waals surface area (Å²) in [7, 11) is -1.74. The van der Waals surface area contributed by atoms with Gasteiger partial charge in [0.25, 0.3) is 11.0 Å². The van der Waals surface area contributed by atoms with Crippen LogP contribution < -0.4 is 0 Å². The maximum atomic E-state index is 10.7. The normalized spacial score (nSPS) is 8.85. The summed E-state index contributed by atoms with van der Waals surface area (Å²) in [5, 5.41) is 1.84. The van der Waals surface area contributed by atoms with Crippen LogP contribution in [0.2, 0.25) is 0 Å². The second-order valence-electron chi connectivity index (χ2n) is 1.71. The Morgan fingerprint density at radius 3 is 2.46 bits per heavy atom. The number of carbonyl (C=O) groups is 1. The van der Waals surface area contributed by atoms with Crippen LogP contribution in [0.3, 0.4) is 0 Å². The number of ether oxygens (including phenoxy) is 1. The molecule has 0 unspecified atom stereocenters. The van der Waals surface area contributed by atoms with Crippen LogP contribution in [0.1, 0.15) is 9.67 Å². The van der Waals surface area contributed by atoms with E-state index in [0.29, 0.717) is 4.88 Å². The molecule has 13 heavy (non-hydrogen) atoms. The maximum absolute atomic E-state index is 10.7. The predicted molar refractivity (Wildman–Crippen MR) is 48.6 cm³/mol. The molecular formula is C6H8O5S2. The quantitative estimate of drug-likeness (QED) is 0.415. The van der Waals surface area contributed by atoms with Gasteiger partial charge >= 0.3 is 5.97 Å². The molecule has 1 N–H and O–H groups in total. The highest BCUT2D eigenvalue weighted by Gasteiger charge is 2.03. The molecule has 0 aliphatic heterocycles. The Kier molecular flexibility index (Phi) is 6.11. The molecule has 74 valence electrons. The minimum absolute atomic E-state index is 0.259. The first kappa shape index (κ1) is 12.1. The molecule has 0 aliphatic carbocycles. The van der Waals surface area contributed by atoms with Crippen LogP contribution in [-0.2, 0) is 15.7 Å². The van der Waals surface area contributed by atoms with Gasteiger partial charge in [0.1, 0.15) is 4.88 Å². The van der Waals surface area contributed by atoms with Crippen molar-refractivity contribution in [2.24, 2.45) is 0 Å². The van der Waals surface area contributed by atoms with Crippen molar-refractivity contribution < 1.29 is 22.5 Å². The zero-order chi connectivity index (χ0) is 10.3. The molecule has 1 rings (SSSR count). The molecule has 0 saturated carbocycles. The fourth-order valence-electron chi connectivity index (χ4n) is 0.495. The second-order valence-corrected chi connectivity index (χ2v) is 3.13. The van der Waals surface area contributed by atoms with Crippen molar-refractivity contribution in [1.82, 2.24) is 0 Å². The van der Waals surface area contributed by atoms with E-state index >= 15 is 0 Å². The molecule has 1 heterocycles. The highest BCUT2D eigenvalue weighted by atomic mass is 32.2. The summed E-state index contributed by atoms with van der Waals surface area (Å²) in [5.41, 5.74) is 0. The number of hydrogen-bond acceptors (Lipinski definition) is 5. The molecule has 0 radical (unpaired) electrons. The lowest BCUT2D eigenvalue weighted by Crippen LogP contribution is -1.96. The Bertz CT molecular complexity index is 306. The average Bonchev–Trinajstić information content (AvgIpc) is 2.54. The van der Waals surface area contributed by atoms with Crippen LogP contribution in [0.4, 0.5) is 0 Å². The van der Waals surface area contributed by atoms with Gasteiger partial charge in [-0.15, -0.1) is 11.3 Å². The fraction of sp³-hybridized carbons (Fsp3) is 0.167. The van der Waals surface area contributed by atoms with Crippen molar-refractivity contribution in [2.45, 2.75) is 0 Å². The Morgan fingerprint density at radius 2 is 2.15 bits per heavy atom. The van der Waals surface area contributed by atoms with Crippen molar-refractivity contribution in [3.63, 3.8) is 0 Å². The smallest absolute Gasteiger partial charge is 0.348 e. The van der Waals surface area contributed by atoms with E-state index in [0.717, 1.165) is 0 Å². The molecule has 0 saturated heterocycles. The van der Waals surface area contributed by atoms with E-state index in [1.165, 1.54) is 18.4 Å². The summed E-state index contributed by atoms with van der Waals surface area (Å²) in [6, 6.07) is 3.55. The Hall–Kier alpha value is -0.920. The molecule has 7 heteroatoms. The van der Waals surface area contributed by atoms with Crippen LogP contribution in [-0.4, -0.2) is 26.0 Å². The summed E-state index contributed by atoms with van der Waals surface area (Å²) < 4.78 is 28.7. The molecule has 1 aromatic heterocycles. The van der Waals surface area contributed by atoms with E-state index in [4.69, 9.17) is 13.0 Å². The monoisotopic (exact) mass is 224 g/mol. The van der Waals surface area contributed by atoms with Crippen LogP contribution in [0.5, 0.6) is 0 Å². The van der Waals surface area contributed by atoms with Gasteiger partial charge in [-0.3, -0.25) is 4.55 Å². The van der Waals surface area contributed by atoms with E-state index in [-0.39, 0.29) is 5.97 Å². The average molecular weight is 224 g/mol. The van der Waals surface area contributed by atoms with Gasteiger partial charge in [0.2, 0.25) is 0 Å². The van der Waals surface area contributed by atoms with Gasteiger partial charge in [-0.25, -0.2) is 13.2 Å². The predicted octanol–water partition coefficient (Wildman–Crippen LogP) is 0.605. The zero-order valence-electron chi connectivity index (χ0n) is 6.67. The van der Waals surface area contributed by atoms with Crippen LogP contribution in [0, 0.1) is 0 Å². The number of esters is 1. The van der Waals surface area contributed by atoms with Crippen molar-refractivity contribution in [1.29, 1.82) is 0 Å². The first-order valence-electron chi connectivity index (χ1n) is 3.03. The molecule has 0 atom stereocenters. The van der Waals surface area contributed by atoms with Gasteiger partial charge in [-0.05, 0) is 11.4 Å². The summed E-state index contributed by atoms with van der Waals surface area (Å²) in [6.45, 7) is 0. The highest BCUT2D eigenvalue weighted by molar-refractivity contribution is 7.66. The van der Waals surface area contributed by atoms with Gasteiger partial charge in [-0.2, -0.15) is 0 Å². The third-order valence-corrected chi connectivity index (χ3v) is 1.76. The van der Waals surface area contributed by atoms with E-state index in [2.05, 4.69) is 4.74 Å². The maximum Gasteiger partial charge on any atom is 0.348 e.